The van der Waals surface area contributed by atoms with E-state index in [0.717, 1.165) is 12.1 Å². The Hall–Kier alpha value is -1.76. The molecule has 14 heavy (non-hydrogen) atoms. The highest BCUT2D eigenvalue weighted by Crippen LogP contribution is 2.11. The van der Waals surface area contributed by atoms with Gasteiger partial charge in [0.1, 0.15) is 0 Å². The third-order valence-electron chi connectivity index (χ3n) is 2.12. The average Bonchev–Trinajstić information content (AvgIpc) is 2.19. The topological polar surface area (TPSA) is 26.0 Å². The number of benzene rings is 2. The highest BCUT2D eigenvalue weighted by molar-refractivity contribution is 5.41. The molecule has 69 valence electrons. The second-order valence-electron chi connectivity index (χ2n) is 3.34. The van der Waals surface area contributed by atoms with Crippen molar-refractivity contribution in [3.8, 4) is 0 Å². The standard InChI is InChI=1S/C13H12N/c14-13-8-4-7-12(10-13)9-11-5-2-1-3-6-11/h1-3,5-8,10H,9,14H2. The molecule has 0 saturated heterocycles. The van der Waals surface area contributed by atoms with Crippen molar-refractivity contribution in [2.45, 2.75) is 6.42 Å². The summed E-state index contributed by atoms with van der Waals surface area (Å²) in [5, 5.41) is 0. The molecular weight excluding hydrogens is 170 g/mol. The quantitative estimate of drug-likeness (QED) is 0.710. The number of anilines is 1. The van der Waals surface area contributed by atoms with Crippen molar-refractivity contribution in [1.82, 2.24) is 0 Å². The van der Waals surface area contributed by atoms with E-state index >= 15 is 0 Å². The van der Waals surface area contributed by atoms with E-state index in [1.807, 2.05) is 30.3 Å². The van der Waals surface area contributed by atoms with E-state index in [0.29, 0.717) is 0 Å². The zero-order valence-corrected chi connectivity index (χ0v) is 7.90. The van der Waals surface area contributed by atoms with Crippen LogP contribution in [0.4, 0.5) is 5.69 Å². The lowest BCUT2D eigenvalue weighted by Gasteiger charge is -2.02. The van der Waals surface area contributed by atoms with Crippen LogP contribution in [0.25, 0.3) is 0 Å². The molecule has 0 amide bonds. The van der Waals surface area contributed by atoms with Crippen LogP contribution in [0.1, 0.15) is 11.1 Å². The maximum atomic E-state index is 5.68. The van der Waals surface area contributed by atoms with E-state index in [2.05, 4.69) is 18.2 Å². The van der Waals surface area contributed by atoms with Crippen molar-refractivity contribution in [1.29, 1.82) is 0 Å². The van der Waals surface area contributed by atoms with E-state index in [-0.39, 0.29) is 0 Å². The number of nitrogens with two attached hydrogens (primary N) is 1. The third kappa shape index (κ3) is 2.13. The molecule has 1 radical (unpaired) electrons. The molecule has 1 nitrogen and oxygen atoms in total. The van der Waals surface area contributed by atoms with Gasteiger partial charge in [0, 0.05) is 5.69 Å². The molecule has 0 aliphatic carbocycles. The van der Waals surface area contributed by atoms with Gasteiger partial charge in [0.15, 0.2) is 0 Å². The molecule has 0 aliphatic rings. The predicted octanol–water partition coefficient (Wildman–Crippen LogP) is 2.66. The predicted molar refractivity (Wildman–Crippen MR) is 58.9 cm³/mol. The molecule has 2 aromatic carbocycles. The molecule has 2 N–H and O–H groups in total. The first-order valence-corrected chi connectivity index (χ1v) is 4.64. The lowest BCUT2D eigenvalue weighted by Crippen LogP contribution is -1.90. The van der Waals surface area contributed by atoms with Crippen molar-refractivity contribution >= 4 is 5.69 Å². The van der Waals surface area contributed by atoms with Crippen LogP contribution in [-0.2, 0) is 6.42 Å². The van der Waals surface area contributed by atoms with Crippen molar-refractivity contribution in [3.05, 3.63) is 65.7 Å². The molecular formula is C13H12N. The van der Waals surface area contributed by atoms with Gasteiger partial charge >= 0.3 is 0 Å². The molecule has 0 unspecified atom stereocenters. The van der Waals surface area contributed by atoms with Crippen molar-refractivity contribution < 1.29 is 0 Å². The summed E-state index contributed by atoms with van der Waals surface area (Å²) in [5.74, 6) is 0. The van der Waals surface area contributed by atoms with Gasteiger partial charge in [-0.05, 0) is 35.7 Å². The Labute approximate surface area is 84.2 Å². The van der Waals surface area contributed by atoms with Crippen LogP contribution in [0, 0.1) is 6.07 Å². The molecule has 2 rings (SSSR count). The van der Waals surface area contributed by atoms with Crippen LogP contribution < -0.4 is 5.73 Å². The summed E-state index contributed by atoms with van der Waals surface area (Å²) >= 11 is 0. The Morgan fingerprint density at radius 2 is 1.79 bits per heavy atom. The average molecular weight is 182 g/mol. The summed E-state index contributed by atoms with van der Waals surface area (Å²) < 4.78 is 0. The van der Waals surface area contributed by atoms with Gasteiger partial charge in [-0.25, -0.2) is 0 Å². The lowest BCUT2D eigenvalue weighted by atomic mass is 10.0. The van der Waals surface area contributed by atoms with Gasteiger partial charge in [-0.15, -0.1) is 0 Å². The number of rotatable bonds is 2. The Bertz CT molecular complexity index is 407. The second kappa shape index (κ2) is 3.97. The fourth-order valence-corrected chi connectivity index (χ4v) is 1.48. The summed E-state index contributed by atoms with van der Waals surface area (Å²) in [7, 11) is 0. The van der Waals surface area contributed by atoms with Crippen molar-refractivity contribution in [2.75, 3.05) is 5.73 Å². The molecule has 0 fully saturated rings. The fourth-order valence-electron chi connectivity index (χ4n) is 1.48. The Balaban J connectivity index is 2.19. The third-order valence-corrected chi connectivity index (χ3v) is 2.12. The largest absolute Gasteiger partial charge is 0.399 e. The first kappa shape index (κ1) is 8.82. The molecule has 2 aromatic rings. The minimum atomic E-state index is 0.776. The van der Waals surface area contributed by atoms with Gasteiger partial charge in [-0.1, -0.05) is 36.4 Å². The van der Waals surface area contributed by atoms with Crippen LogP contribution >= 0.6 is 0 Å². The van der Waals surface area contributed by atoms with E-state index in [1.54, 1.807) is 6.07 Å². The Morgan fingerprint density at radius 1 is 1.00 bits per heavy atom. The zero-order chi connectivity index (χ0) is 9.80. The lowest BCUT2D eigenvalue weighted by molar-refractivity contribution is 1.19. The minimum Gasteiger partial charge on any atom is -0.399 e. The van der Waals surface area contributed by atoms with Gasteiger partial charge in [-0.2, -0.15) is 0 Å². The normalized spacial score (nSPS) is 10.0. The maximum absolute atomic E-state index is 5.68. The van der Waals surface area contributed by atoms with E-state index in [4.69, 9.17) is 5.73 Å². The monoisotopic (exact) mass is 182 g/mol. The molecule has 1 heteroatoms. The Morgan fingerprint density at radius 3 is 2.50 bits per heavy atom. The van der Waals surface area contributed by atoms with Crippen molar-refractivity contribution in [3.63, 3.8) is 0 Å². The molecule has 0 saturated carbocycles. The number of hydrogen-bond donors (Lipinski definition) is 1. The van der Waals surface area contributed by atoms with Gasteiger partial charge in [0.05, 0.1) is 0 Å². The van der Waals surface area contributed by atoms with Crippen molar-refractivity contribution in [2.24, 2.45) is 0 Å². The summed E-state index contributed by atoms with van der Waals surface area (Å²) in [6.07, 6.45) is 0.919. The highest BCUT2D eigenvalue weighted by Gasteiger charge is 1.95. The highest BCUT2D eigenvalue weighted by atomic mass is 14.5. The fraction of sp³-hybridized carbons (Fsp3) is 0.0769. The van der Waals surface area contributed by atoms with E-state index in [9.17, 15) is 0 Å². The summed E-state index contributed by atoms with van der Waals surface area (Å²) in [6, 6.07) is 19.1. The first-order chi connectivity index (χ1) is 6.84. The SMILES string of the molecule is Nc1c[c]cc(Cc2ccccc2)c1. The minimum absolute atomic E-state index is 0.776. The number of hydrogen-bond acceptors (Lipinski definition) is 1. The molecule has 0 aliphatic heterocycles. The zero-order valence-electron chi connectivity index (χ0n) is 7.90. The molecule has 0 atom stereocenters. The van der Waals surface area contributed by atoms with Gasteiger partial charge in [0.2, 0.25) is 0 Å². The first-order valence-electron chi connectivity index (χ1n) is 4.64. The van der Waals surface area contributed by atoms with Crippen LogP contribution in [0.5, 0.6) is 0 Å². The van der Waals surface area contributed by atoms with Gasteiger partial charge in [-0.3, -0.25) is 0 Å². The molecule has 0 spiro atoms. The number of nitrogen functional groups attached to an aromatic ring is 1. The smallest absolute Gasteiger partial charge is 0.0323 e. The summed E-state index contributed by atoms with van der Waals surface area (Å²) in [5.41, 5.74) is 8.96. The van der Waals surface area contributed by atoms with Crippen LogP contribution in [0.2, 0.25) is 0 Å². The Kier molecular flexibility index (Phi) is 2.50. The second-order valence-corrected chi connectivity index (χ2v) is 3.34. The molecule has 0 heterocycles. The maximum Gasteiger partial charge on any atom is 0.0323 e. The van der Waals surface area contributed by atoms with E-state index < -0.39 is 0 Å². The molecule has 0 aromatic heterocycles. The van der Waals surface area contributed by atoms with Gasteiger partial charge < -0.3 is 5.73 Å². The summed E-state index contributed by atoms with van der Waals surface area (Å²) in [6.45, 7) is 0. The van der Waals surface area contributed by atoms with Crippen LogP contribution in [0.15, 0.2) is 48.5 Å². The van der Waals surface area contributed by atoms with Crippen LogP contribution in [-0.4, -0.2) is 0 Å². The van der Waals surface area contributed by atoms with Gasteiger partial charge in [0.25, 0.3) is 0 Å². The van der Waals surface area contributed by atoms with E-state index in [1.165, 1.54) is 11.1 Å². The van der Waals surface area contributed by atoms with Crippen LogP contribution in [0.3, 0.4) is 0 Å². The summed E-state index contributed by atoms with van der Waals surface area (Å²) in [4.78, 5) is 0. The molecule has 0 bridgehead atoms.